The van der Waals surface area contributed by atoms with Crippen LogP contribution in [0.4, 0.5) is 13.2 Å². The molecule has 8 nitrogen and oxygen atoms in total. The van der Waals surface area contributed by atoms with E-state index in [9.17, 15) is 23.2 Å². The van der Waals surface area contributed by atoms with Gasteiger partial charge in [-0.2, -0.15) is 0 Å². The summed E-state index contributed by atoms with van der Waals surface area (Å²) in [5.41, 5.74) is 4.52. The van der Waals surface area contributed by atoms with Crippen LogP contribution in [-0.4, -0.2) is 26.8 Å². The number of hydrogen-bond donors (Lipinski definition) is 2. The lowest BCUT2D eigenvalue weighted by Crippen LogP contribution is -2.44. The fraction of sp³-hybridized carbons (Fsp3) is 0.258. The lowest BCUT2D eigenvalue weighted by atomic mass is 10.0. The quantitative estimate of drug-likeness (QED) is 0.233. The first kappa shape index (κ1) is 30.3. The molecule has 0 fully saturated rings. The van der Waals surface area contributed by atoms with E-state index in [-0.39, 0.29) is 42.1 Å². The molecule has 220 valence electrons. The summed E-state index contributed by atoms with van der Waals surface area (Å²) in [6.45, 7) is 0.598. The normalized spacial score (nSPS) is 11.8. The Bertz CT molecular complexity index is 1680. The number of nitrogens with zero attached hydrogens (tertiary/aromatic N) is 2. The molecule has 3 N–H and O–H groups in total. The summed E-state index contributed by atoms with van der Waals surface area (Å²) in [7, 11) is 0. The SMILES string of the molecule is Cc1c(-c2cccc(OCCCCC(=O)O)c2F)c(=O)n(C[C@H](N)c2ccccc2)c(=O)n1Cc1c(F)cccc1F. The molecular formula is C31H30F3N3O5. The van der Waals surface area contributed by atoms with Crippen molar-refractivity contribution in [2.45, 2.75) is 45.3 Å². The Morgan fingerprint density at radius 1 is 0.929 bits per heavy atom. The fourth-order valence-electron chi connectivity index (χ4n) is 4.68. The monoisotopic (exact) mass is 581 g/mol. The topological polar surface area (TPSA) is 117 Å². The van der Waals surface area contributed by atoms with Crippen LogP contribution < -0.4 is 21.7 Å². The molecule has 3 aromatic carbocycles. The Morgan fingerprint density at radius 2 is 1.60 bits per heavy atom. The van der Waals surface area contributed by atoms with Crippen LogP contribution in [0.25, 0.3) is 11.1 Å². The van der Waals surface area contributed by atoms with Gasteiger partial charge < -0.3 is 15.6 Å². The highest BCUT2D eigenvalue weighted by Crippen LogP contribution is 2.29. The van der Waals surface area contributed by atoms with E-state index in [0.29, 0.717) is 18.4 Å². The Hall–Kier alpha value is -4.64. The number of hydrogen-bond acceptors (Lipinski definition) is 5. The van der Waals surface area contributed by atoms with Crippen LogP contribution in [0.3, 0.4) is 0 Å². The minimum Gasteiger partial charge on any atom is -0.490 e. The smallest absolute Gasteiger partial charge is 0.331 e. The molecule has 42 heavy (non-hydrogen) atoms. The van der Waals surface area contributed by atoms with Crippen LogP contribution in [-0.2, 0) is 17.9 Å². The van der Waals surface area contributed by atoms with Crippen LogP contribution in [0.15, 0.2) is 76.3 Å². The lowest BCUT2D eigenvalue weighted by molar-refractivity contribution is -0.137. The van der Waals surface area contributed by atoms with Gasteiger partial charge in [-0.3, -0.25) is 18.7 Å². The van der Waals surface area contributed by atoms with Gasteiger partial charge in [0.2, 0.25) is 0 Å². The highest BCUT2D eigenvalue weighted by molar-refractivity contribution is 5.68. The van der Waals surface area contributed by atoms with Gasteiger partial charge in [0, 0.05) is 29.3 Å². The second kappa shape index (κ2) is 13.3. The molecule has 0 saturated heterocycles. The predicted molar refractivity (Wildman–Crippen MR) is 151 cm³/mol. The average molecular weight is 582 g/mol. The first-order chi connectivity index (χ1) is 20.1. The third-order valence-corrected chi connectivity index (χ3v) is 6.95. The summed E-state index contributed by atoms with van der Waals surface area (Å²) in [6, 6.07) is 15.4. The molecule has 1 heterocycles. The molecule has 4 rings (SSSR count). The molecule has 0 bridgehead atoms. The number of aromatic nitrogens is 2. The van der Waals surface area contributed by atoms with Gasteiger partial charge in [0.25, 0.3) is 5.56 Å². The molecule has 0 amide bonds. The third kappa shape index (κ3) is 6.63. The van der Waals surface area contributed by atoms with Gasteiger partial charge in [0.15, 0.2) is 11.6 Å². The van der Waals surface area contributed by atoms with E-state index in [1.165, 1.54) is 31.2 Å². The number of carboxylic acids is 1. The summed E-state index contributed by atoms with van der Waals surface area (Å²) >= 11 is 0. The van der Waals surface area contributed by atoms with Gasteiger partial charge in [-0.15, -0.1) is 0 Å². The van der Waals surface area contributed by atoms with Gasteiger partial charge in [-0.25, -0.2) is 18.0 Å². The molecule has 0 saturated carbocycles. The first-order valence-corrected chi connectivity index (χ1v) is 13.3. The van der Waals surface area contributed by atoms with E-state index in [4.69, 9.17) is 15.6 Å². The molecule has 0 radical (unpaired) electrons. The number of rotatable bonds is 12. The number of carboxylic acid groups (broad SMARTS) is 1. The number of ether oxygens (including phenoxy) is 1. The number of nitrogens with two attached hydrogens (primary N) is 1. The Balaban J connectivity index is 1.83. The zero-order valence-corrected chi connectivity index (χ0v) is 22.9. The highest BCUT2D eigenvalue weighted by atomic mass is 19.1. The fourth-order valence-corrected chi connectivity index (χ4v) is 4.68. The minimum atomic E-state index is -0.952. The van der Waals surface area contributed by atoms with Gasteiger partial charge in [0.05, 0.1) is 25.3 Å². The van der Waals surface area contributed by atoms with Crippen LogP contribution in [0.5, 0.6) is 5.75 Å². The van der Waals surface area contributed by atoms with Crippen molar-refractivity contribution in [3.63, 3.8) is 0 Å². The van der Waals surface area contributed by atoms with Gasteiger partial charge in [-0.1, -0.05) is 48.5 Å². The van der Waals surface area contributed by atoms with Gasteiger partial charge in [0.1, 0.15) is 11.6 Å². The van der Waals surface area contributed by atoms with Crippen LogP contribution in [0, 0.1) is 24.4 Å². The van der Waals surface area contributed by atoms with Crippen molar-refractivity contribution in [2.75, 3.05) is 6.61 Å². The number of benzene rings is 3. The van der Waals surface area contributed by atoms with Gasteiger partial charge in [-0.05, 0) is 43.5 Å². The van der Waals surface area contributed by atoms with Crippen LogP contribution in [0.1, 0.15) is 42.1 Å². The van der Waals surface area contributed by atoms with Crippen molar-refractivity contribution in [1.29, 1.82) is 0 Å². The number of carbonyl (C=O) groups is 1. The molecule has 1 atom stereocenters. The molecule has 0 unspecified atom stereocenters. The molecule has 0 spiro atoms. The van der Waals surface area contributed by atoms with Crippen molar-refractivity contribution >= 4 is 5.97 Å². The molecule has 0 aliphatic rings. The first-order valence-electron chi connectivity index (χ1n) is 13.3. The zero-order valence-electron chi connectivity index (χ0n) is 22.9. The standard InChI is InChI=1S/C31H30F3N3O5/c1-19-28(21-11-7-14-26(29(21)34)42-16-6-5-15-27(38)39)30(40)37(18-25(35)20-9-3-2-4-10-20)31(41)36(19)17-22-23(32)12-8-13-24(22)33/h2-4,7-14,25H,5-6,15-18,35H2,1H3,(H,38,39)/t25-/m0/s1. The molecule has 11 heteroatoms. The molecule has 0 aliphatic carbocycles. The van der Waals surface area contributed by atoms with Crippen LogP contribution >= 0.6 is 0 Å². The second-order valence-corrected chi connectivity index (χ2v) is 9.78. The maximum absolute atomic E-state index is 15.8. The Labute approximate surface area is 239 Å². The maximum atomic E-state index is 15.8. The van der Waals surface area contributed by atoms with E-state index in [1.54, 1.807) is 30.3 Å². The van der Waals surface area contributed by atoms with Crippen molar-refractivity contribution in [3.8, 4) is 16.9 Å². The van der Waals surface area contributed by atoms with Gasteiger partial charge >= 0.3 is 11.7 Å². The Kier molecular flexibility index (Phi) is 9.64. The largest absolute Gasteiger partial charge is 0.490 e. The van der Waals surface area contributed by atoms with Crippen molar-refractivity contribution < 1.29 is 27.8 Å². The summed E-state index contributed by atoms with van der Waals surface area (Å²) in [5.74, 6) is -3.77. The number of aliphatic carboxylic acids is 1. The van der Waals surface area contributed by atoms with Crippen molar-refractivity contribution in [2.24, 2.45) is 5.73 Å². The molecule has 0 aliphatic heterocycles. The lowest BCUT2D eigenvalue weighted by Gasteiger charge is -2.20. The highest BCUT2D eigenvalue weighted by Gasteiger charge is 2.24. The number of unbranched alkanes of at least 4 members (excludes halogenated alkanes) is 1. The number of halogens is 3. The molecule has 4 aromatic rings. The van der Waals surface area contributed by atoms with Crippen molar-refractivity contribution in [1.82, 2.24) is 9.13 Å². The molecular weight excluding hydrogens is 551 g/mol. The summed E-state index contributed by atoms with van der Waals surface area (Å²) < 4.78 is 52.4. The summed E-state index contributed by atoms with van der Waals surface area (Å²) in [6.07, 6.45) is 0.637. The van der Waals surface area contributed by atoms with Crippen LogP contribution in [0.2, 0.25) is 0 Å². The van der Waals surface area contributed by atoms with E-state index >= 15 is 4.39 Å². The summed E-state index contributed by atoms with van der Waals surface area (Å²) in [4.78, 5) is 38.2. The van der Waals surface area contributed by atoms with E-state index in [2.05, 4.69) is 0 Å². The Morgan fingerprint density at radius 3 is 2.26 bits per heavy atom. The minimum absolute atomic E-state index is 0.00491. The molecule has 1 aromatic heterocycles. The predicted octanol–water partition coefficient (Wildman–Crippen LogP) is 4.78. The summed E-state index contributed by atoms with van der Waals surface area (Å²) in [5, 5.41) is 8.79. The maximum Gasteiger partial charge on any atom is 0.331 e. The van der Waals surface area contributed by atoms with E-state index in [1.807, 2.05) is 0 Å². The average Bonchev–Trinajstić information content (AvgIpc) is 2.96. The third-order valence-electron chi connectivity index (χ3n) is 6.95. The zero-order chi connectivity index (χ0) is 30.4. The van der Waals surface area contributed by atoms with E-state index in [0.717, 1.165) is 21.3 Å². The van der Waals surface area contributed by atoms with E-state index < -0.39 is 52.8 Å². The van der Waals surface area contributed by atoms with Crippen molar-refractivity contribution in [3.05, 3.63) is 122 Å². The second-order valence-electron chi connectivity index (χ2n) is 9.78.